The van der Waals surface area contributed by atoms with Crippen molar-refractivity contribution < 1.29 is 4.74 Å². The average molecular weight is 661 g/mol. The minimum absolute atomic E-state index is 0.905. The van der Waals surface area contributed by atoms with Gasteiger partial charge in [-0.3, -0.25) is 0 Å². The zero-order chi connectivity index (χ0) is 34.3. The van der Waals surface area contributed by atoms with Gasteiger partial charge in [-0.05, 0) is 130 Å². The van der Waals surface area contributed by atoms with Crippen molar-refractivity contribution in [1.29, 1.82) is 0 Å². The Bertz CT molecular complexity index is 3090. The lowest BCUT2D eigenvalue weighted by atomic mass is 9.86. The molecule has 1 nitrogen and oxygen atoms in total. The molecule has 0 atom stereocenters. The maximum absolute atomic E-state index is 6.43. The van der Waals surface area contributed by atoms with Crippen molar-refractivity contribution in [1.82, 2.24) is 0 Å². The van der Waals surface area contributed by atoms with Crippen LogP contribution >= 0.6 is 0 Å². The van der Waals surface area contributed by atoms with Crippen LogP contribution in [0.15, 0.2) is 176 Å². The second kappa shape index (κ2) is 11.2. The summed E-state index contributed by atoms with van der Waals surface area (Å²) in [5, 5.41) is 12.6. The van der Waals surface area contributed by atoms with Gasteiger partial charge in [0.2, 0.25) is 0 Å². The molecular weight excluding hydrogens is 629 g/mol. The van der Waals surface area contributed by atoms with Gasteiger partial charge in [0.25, 0.3) is 0 Å². The zero-order valence-electron chi connectivity index (χ0n) is 28.7. The first-order valence-corrected chi connectivity index (χ1v) is 18.0. The number of ether oxygens (including phenoxy) is 1. The van der Waals surface area contributed by atoms with Crippen LogP contribution in [0, 0.1) is 6.92 Å². The first kappa shape index (κ1) is 29.1. The molecule has 1 aliphatic rings. The molecule has 0 aromatic heterocycles. The van der Waals surface area contributed by atoms with E-state index in [-0.39, 0.29) is 0 Å². The van der Waals surface area contributed by atoms with Crippen LogP contribution in [0.2, 0.25) is 0 Å². The molecule has 242 valence electrons. The monoisotopic (exact) mass is 660 g/mol. The third-order valence-corrected chi connectivity index (χ3v) is 11.2. The number of hydrogen-bond donors (Lipinski definition) is 0. The summed E-state index contributed by atoms with van der Waals surface area (Å²) in [5.41, 5.74) is 11.0. The van der Waals surface area contributed by atoms with Crippen LogP contribution in [-0.4, -0.2) is 0 Å². The van der Waals surface area contributed by atoms with Crippen LogP contribution in [0.5, 0.6) is 11.5 Å². The number of rotatable bonds is 3. The molecule has 0 saturated carbocycles. The minimum Gasteiger partial charge on any atom is -0.456 e. The van der Waals surface area contributed by atoms with Crippen LogP contribution < -0.4 is 4.74 Å². The Kier molecular flexibility index (Phi) is 6.23. The van der Waals surface area contributed by atoms with Gasteiger partial charge in [-0.1, -0.05) is 146 Å². The maximum Gasteiger partial charge on any atom is 0.135 e. The topological polar surface area (TPSA) is 9.23 Å². The summed E-state index contributed by atoms with van der Waals surface area (Å²) < 4.78 is 6.43. The van der Waals surface area contributed by atoms with Gasteiger partial charge in [0, 0.05) is 10.9 Å². The molecule has 0 fully saturated rings. The molecule has 0 spiro atoms. The molecule has 1 aliphatic heterocycles. The summed E-state index contributed by atoms with van der Waals surface area (Å²) in [4.78, 5) is 0. The third kappa shape index (κ3) is 4.30. The molecule has 1 heteroatoms. The largest absolute Gasteiger partial charge is 0.456 e. The highest BCUT2D eigenvalue weighted by Gasteiger charge is 2.21. The van der Waals surface area contributed by atoms with Crippen LogP contribution in [0.4, 0.5) is 0 Å². The Hall–Kier alpha value is -6.70. The lowest BCUT2D eigenvalue weighted by molar-refractivity contribution is 0.487. The number of hydrogen-bond acceptors (Lipinski definition) is 1. The summed E-state index contributed by atoms with van der Waals surface area (Å²) in [6.07, 6.45) is 0. The van der Waals surface area contributed by atoms with Crippen LogP contribution in [0.25, 0.3) is 98.4 Å². The normalized spacial score (nSPS) is 12.1. The third-order valence-electron chi connectivity index (χ3n) is 11.2. The Morgan fingerprint density at radius 3 is 1.65 bits per heavy atom. The van der Waals surface area contributed by atoms with Crippen molar-refractivity contribution in [2.24, 2.45) is 0 Å². The molecule has 1 heterocycles. The standard InChI is InChI=1S/C51H32O/c1-31-20-26-50-51-36(31)17-9-19-43(51)48-28-35(25-27-49(48)52-50)32-21-23-34(24-22-32)44-29-46-42-16-7-6-15-41(42)45(30-47(46)40-14-5-4-13-39(40)44)38-18-8-11-33-10-2-3-12-37(33)38/h2-30H,1H3. The van der Waals surface area contributed by atoms with E-state index in [1.54, 1.807) is 0 Å². The van der Waals surface area contributed by atoms with Crippen molar-refractivity contribution >= 4 is 53.9 Å². The number of benzene rings is 10. The van der Waals surface area contributed by atoms with E-state index in [1.807, 2.05) is 0 Å². The van der Waals surface area contributed by atoms with Gasteiger partial charge in [-0.15, -0.1) is 0 Å². The van der Waals surface area contributed by atoms with E-state index in [9.17, 15) is 0 Å². The summed E-state index contributed by atoms with van der Waals surface area (Å²) in [6.45, 7) is 2.17. The van der Waals surface area contributed by atoms with Gasteiger partial charge in [0.05, 0.1) is 0 Å². The molecule has 52 heavy (non-hydrogen) atoms. The Labute approximate surface area is 302 Å². The molecule has 10 aromatic rings. The summed E-state index contributed by atoms with van der Waals surface area (Å²) >= 11 is 0. The van der Waals surface area contributed by atoms with E-state index in [0.29, 0.717) is 0 Å². The molecule has 0 aliphatic carbocycles. The van der Waals surface area contributed by atoms with E-state index in [2.05, 4.69) is 183 Å². The first-order valence-electron chi connectivity index (χ1n) is 18.0. The van der Waals surface area contributed by atoms with E-state index < -0.39 is 0 Å². The zero-order valence-corrected chi connectivity index (χ0v) is 28.7. The fourth-order valence-electron chi connectivity index (χ4n) is 8.67. The smallest absolute Gasteiger partial charge is 0.135 e. The molecule has 0 saturated heterocycles. The molecule has 0 N–H and O–H groups in total. The molecule has 0 unspecified atom stereocenters. The Morgan fingerprint density at radius 2 is 0.865 bits per heavy atom. The van der Waals surface area contributed by atoms with Crippen molar-refractivity contribution in [2.75, 3.05) is 0 Å². The molecule has 10 aromatic carbocycles. The van der Waals surface area contributed by atoms with Crippen LogP contribution in [-0.2, 0) is 0 Å². The SMILES string of the molecule is Cc1ccc2c3c(cccc13)-c1cc(-c3ccc(-c4cc5c6ccccc6c(-c6cccc7ccccc67)cc5c5ccccc45)cc3)ccc1O2. The highest BCUT2D eigenvalue weighted by atomic mass is 16.5. The fourth-order valence-corrected chi connectivity index (χ4v) is 8.67. The van der Waals surface area contributed by atoms with E-state index in [1.165, 1.54) is 98.4 Å². The predicted molar refractivity (Wildman–Crippen MR) is 221 cm³/mol. The van der Waals surface area contributed by atoms with Gasteiger partial charge >= 0.3 is 0 Å². The average Bonchev–Trinajstić information content (AvgIpc) is 3.21. The number of aryl methyl sites for hydroxylation is 1. The summed E-state index contributed by atoms with van der Waals surface area (Å²) in [5.74, 6) is 1.84. The predicted octanol–water partition coefficient (Wildman–Crippen LogP) is 14.5. The molecule has 0 radical (unpaired) electrons. The minimum atomic E-state index is 0.905. The van der Waals surface area contributed by atoms with E-state index >= 15 is 0 Å². The second-order valence-electron chi connectivity index (χ2n) is 14.1. The lowest BCUT2D eigenvalue weighted by Crippen LogP contribution is -1.98. The Balaban J connectivity index is 1.06. The summed E-state index contributed by atoms with van der Waals surface area (Å²) in [7, 11) is 0. The van der Waals surface area contributed by atoms with Crippen molar-refractivity contribution in [3.8, 4) is 56.0 Å². The first-order chi connectivity index (χ1) is 25.7. The van der Waals surface area contributed by atoms with E-state index in [0.717, 1.165) is 17.1 Å². The van der Waals surface area contributed by atoms with Gasteiger partial charge in [-0.2, -0.15) is 0 Å². The maximum atomic E-state index is 6.43. The van der Waals surface area contributed by atoms with Crippen LogP contribution in [0.1, 0.15) is 5.56 Å². The molecule has 0 bridgehead atoms. The van der Waals surface area contributed by atoms with E-state index in [4.69, 9.17) is 4.74 Å². The number of fused-ring (bicyclic) bond motifs is 8. The van der Waals surface area contributed by atoms with Gasteiger partial charge in [-0.25, -0.2) is 0 Å². The van der Waals surface area contributed by atoms with Crippen LogP contribution in [0.3, 0.4) is 0 Å². The highest BCUT2D eigenvalue weighted by Crippen LogP contribution is 2.48. The quantitative estimate of drug-likeness (QED) is 0.171. The lowest BCUT2D eigenvalue weighted by Gasteiger charge is -2.22. The highest BCUT2D eigenvalue weighted by molar-refractivity contribution is 6.24. The second-order valence-corrected chi connectivity index (χ2v) is 14.1. The molecular formula is C51H32O. The van der Waals surface area contributed by atoms with Crippen molar-refractivity contribution in [3.63, 3.8) is 0 Å². The molecule has 11 rings (SSSR count). The Morgan fingerprint density at radius 1 is 0.308 bits per heavy atom. The molecule has 0 amide bonds. The fraction of sp³-hybridized carbons (Fsp3) is 0.0196. The van der Waals surface area contributed by atoms with Crippen molar-refractivity contribution in [3.05, 3.63) is 181 Å². The van der Waals surface area contributed by atoms with Gasteiger partial charge < -0.3 is 4.74 Å². The van der Waals surface area contributed by atoms with Gasteiger partial charge in [0.1, 0.15) is 11.5 Å². The summed E-state index contributed by atoms with van der Waals surface area (Å²) in [6, 6.07) is 64.5. The van der Waals surface area contributed by atoms with Crippen molar-refractivity contribution in [2.45, 2.75) is 6.92 Å². The van der Waals surface area contributed by atoms with Gasteiger partial charge in [0.15, 0.2) is 0 Å².